The van der Waals surface area contributed by atoms with Crippen LogP contribution in [0.5, 0.6) is 0 Å². The van der Waals surface area contributed by atoms with E-state index in [4.69, 9.17) is 13.0 Å². The van der Waals surface area contributed by atoms with E-state index in [1.54, 1.807) is 0 Å². The second kappa shape index (κ2) is 8.89. The molecule has 1 heterocycles. The highest BCUT2D eigenvalue weighted by molar-refractivity contribution is 7.84. The highest BCUT2D eigenvalue weighted by Gasteiger charge is 2.24. The van der Waals surface area contributed by atoms with Crippen LogP contribution in [0.2, 0.25) is 0 Å². The predicted octanol–water partition coefficient (Wildman–Crippen LogP) is 0.653. The number of hydrogen-bond acceptors (Lipinski definition) is 3. The standard InChI is InChI=1S/C11H23N.CH4O3S/c1-3-5-6-11-7-9-12(10-11)8-4-2;1-5(2,3)4/h11H,3-10H2,1-2H3;1H3,(H,2,3,4). The lowest BCUT2D eigenvalue weighted by molar-refractivity contribution is -0.889. The summed E-state index contributed by atoms with van der Waals surface area (Å²) in [5.41, 5.74) is 0. The summed E-state index contributed by atoms with van der Waals surface area (Å²) >= 11 is 0. The molecule has 0 aliphatic carbocycles. The molecule has 0 aromatic carbocycles. The zero-order valence-corrected chi connectivity index (χ0v) is 12.2. The van der Waals surface area contributed by atoms with Crippen molar-refractivity contribution < 1.29 is 17.9 Å². The Morgan fingerprint density at radius 2 is 1.88 bits per heavy atom. The summed E-state index contributed by atoms with van der Waals surface area (Å²) in [7, 11) is -3.92. The summed E-state index contributed by atoms with van der Waals surface area (Å²) < 4.78 is 27.2. The van der Waals surface area contributed by atoms with Gasteiger partial charge in [0.05, 0.1) is 29.8 Å². The molecule has 0 spiro atoms. The lowest BCUT2D eigenvalue weighted by Crippen LogP contribution is -3.10. The smallest absolute Gasteiger partial charge is 0.0916 e. The van der Waals surface area contributed by atoms with E-state index in [2.05, 4.69) is 13.8 Å². The van der Waals surface area contributed by atoms with E-state index in [0.29, 0.717) is 6.26 Å². The van der Waals surface area contributed by atoms with Crippen molar-refractivity contribution in [3.8, 4) is 0 Å². The maximum Gasteiger partial charge on any atom is 0.0916 e. The molecule has 2 atom stereocenters. The van der Waals surface area contributed by atoms with Gasteiger partial charge in [0, 0.05) is 18.6 Å². The van der Waals surface area contributed by atoms with E-state index in [1.165, 1.54) is 51.7 Å². The number of unbranched alkanes of at least 4 members (excludes halogenated alkanes) is 1. The third-order valence-corrected chi connectivity index (χ3v) is 3.05. The molecular formula is C12H27NO3S. The number of nitrogens with one attached hydrogen (secondary N) is 1. The van der Waals surface area contributed by atoms with Gasteiger partial charge in [-0.1, -0.05) is 26.7 Å². The fraction of sp³-hybridized carbons (Fsp3) is 1.00. The maximum atomic E-state index is 9.08. The van der Waals surface area contributed by atoms with E-state index in [0.717, 1.165) is 5.92 Å². The largest absolute Gasteiger partial charge is 0.748 e. The second-order valence-corrected chi connectivity index (χ2v) is 6.36. The van der Waals surface area contributed by atoms with Gasteiger partial charge in [-0.3, -0.25) is 0 Å². The maximum absolute atomic E-state index is 9.08. The molecule has 104 valence electrons. The van der Waals surface area contributed by atoms with Crippen molar-refractivity contribution in [2.45, 2.75) is 46.0 Å². The average Bonchev–Trinajstić information content (AvgIpc) is 2.61. The van der Waals surface area contributed by atoms with Crippen molar-refractivity contribution in [3.63, 3.8) is 0 Å². The number of hydrogen-bond donors (Lipinski definition) is 1. The Hall–Kier alpha value is -0.130. The molecule has 1 N–H and O–H groups in total. The quantitative estimate of drug-likeness (QED) is 0.743. The third kappa shape index (κ3) is 12.1. The minimum Gasteiger partial charge on any atom is -0.748 e. The second-order valence-electron chi connectivity index (χ2n) is 4.96. The third-order valence-electron chi connectivity index (χ3n) is 3.05. The molecule has 1 aliphatic heterocycles. The van der Waals surface area contributed by atoms with Gasteiger partial charge in [-0.15, -0.1) is 0 Å². The summed E-state index contributed by atoms with van der Waals surface area (Å²) in [6.45, 7) is 8.91. The first-order chi connectivity index (χ1) is 7.86. The van der Waals surface area contributed by atoms with Crippen molar-refractivity contribution >= 4 is 10.1 Å². The van der Waals surface area contributed by atoms with Crippen LogP contribution in [-0.4, -0.2) is 38.9 Å². The number of likely N-dealkylation sites (tertiary alicyclic amines) is 1. The van der Waals surface area contributed by atoms with Crippen molar-refractivity contribution in [1.29, 1.82) is 0 Å². The molecule has 2 unspecified atom stereocenters. The summed E-state index contributed by atoms with van der Waals surface area (Å²) in [6.07, 6.45) is 7.77. The molecule has 1 aliphatic rings. The number of rotatable bonds is 5. The summed E-state index contributed by atoms with van der Waals surface area (Å²) in [5.74, 6) is 1.06. The van der Waals surface area contributed by atoms with Gasteiger partial charge >= 0.3 is 0 Å². The SMILES string of the molecule is CCCCC1CC[NH+](CCC)C1.CS(=O)(=O)[O-]. The number of quaternary nitrogens is 1. The molecule has 0 aromatic rings. The lowest BCUT2D eigenvalue weighted by atomic mass is 10.0. The Kier molecular flexibility index (Phi) is 8.82. The highest BCUT2D eigenvalue weighted by Crippen LogP contribution is 2.12. The molecular weight excluding hydrogens is 238 g/mol. The molecule has 1 saturated heterocycles. The van der Waals surface area contributed by atoms with Crippen LogP contribution in [0.15, 0.2) is 0 Å². The average molecular weight is 265 g/mol. The minimum absolute atomic E-state index is 0.604. The van der Waals surface area contributed by atoms with E-state index in [1.807, 2.05) is 4.90 Å². The van der Waals surface area contributed by atoms with Gasteiger partial charge in [0.25, 0.3) is 0 Å². The first kappa shape index (κ1) is 16.9. The molecule has 0 radical (unpaired) electrons. The monoisotopic (exact) mass is 265 g/mol. The van der Waals surface area contributed by atoms with E-state index < -0.39 is 10.1 Å². The molecule has 5 heteroatoms. The van der Waals surface area contributed by atoms with Gasteiger partial charge < -0.3 is 9.45 Å². The van der Waals surface area contributed by atoms with Crippen molar-refractivity contribution in [3.05, 3.63) is 0 Å². The van der Waals surface area contributed by atoms with Gasteiger partial charge in [0.15, 0.2) is 0 Å². The first-order valence-corrected chi connectivity index (χ1v) is 8.42. The molecule has 0 bridgehead atoms. The Labute approximate surface area is 106 Å². The van der Waals surface area contributed by atoms with Crippen LogP contribution >= 0.6 is 0 Å². The minimum atomic E-state index is -3.92. The molecule has 0 saturated carbocycles. The molecule has 1 rings (SSSR count). The zero-order valence-electron chi connectivity index (χ0n) is 11.4. The Morgan fingerprint density at radius 3 is 2.35 bits per heavy atom. The Bertz CT molecular complexity index is 269. The van der Waals surface area contributed by atoms with Gasteiger partial charge in [0.2, 0.25) is 0 Å². The molecule has 0 aromatic heterocycles. The molecule has 0 amide bonds. The molecule has 1 fully saturated rings. The summed E-state index contributed by atoms with van der Waals surface area (Å²) in [6, 6.07) is 0. The summed E-state index contributed by atoms with van der Waals surface area (Å²) in [4.78, 5) is 1.86. The Morgan fingerprint density at radius 1 is 1.29 bits per heavy atom. The van der Waals surface area contributed by atoms with Crippen LogP contribution in [0.4, 0.5) is 0 Å². The van der Waals surface area contributed by atoms with Gasteiger partial charge in [-0.05, 0) is 12.8 Å². The van der Waals surface area contributed by atoms with Crippen LogP contribution in [-0.2, 0) is 10.1 Å². The van der Waals surface area contributed by atoms with Crippen molar-refractivity contribution in [2.75, 3.05) is 25.9 Å². The molecule has 4 nitrogen and oxygen atoms in total. The van der Waals surface area contributed by atoms with Crippen molar-refractivity contribution in [1.82, 2.24) is 0 Å². The highest BCUT2D eigenvalue weighted by atomic mass is 32.2. The van der Waals surface area contributed by atoms with Crippen LogP contribution < -0.4 is 4.90 Å². The van der Waals surface area contributed by atoms with E-state index >= 15 is 0 Å². The van der Waals surface area contributed by atoms with Crippen LogP contribution in [0, 0.1) is 5.92 Å². The van der Waals surface area contributed by atoms with E-state index in [-0.39, 0.29) is 0 Å². The normalized spacial score (nSPS) is 24.2. The van der Waals surface area contributed by atoms with E-state index in [9.17, 15) is 0 Å². The van der Waals surface area contributed by atoms with Crippen LogP contribution in [0.3, 0.4) is 0 Å². The van der Waals surface area contributed by atoms with Crippen molar-refractivity contribution in [2.24, 2.45) is 5.92 Å². The zero-order chi connectivity index (χ0) is 13.3. The predicted molar refractivity (Wildman–Crippen MR) is 69.1 cm³/mol. The Balaban J connectivity index is 0.000000437. The topological polar surface area (TPSA) is 61.6 Å². The van der Waals surface area contributed by atoms with Crippen LogP contribution in [0.1, 0.15) is 46.0 Å². The lowest BCUT2D eigenvalue weighted by Gasteiger charge is -2.11. The first-order valence-electron chi connectivity index (χ1n) is 6.61. The summed E-state index contributed by atoms with van der Waals surface area (Å²) in [5, 5.41) is 0. The van der Waals surface area contributed by atoms with Gasteiger partial charge in [-0.25, -0.2) is 8.42 Å². The molecule has 17 heavy (non-hydrogen) atoms. The fourth-order valence-electron chi connectivity index (χ4n) is 2.34. The fourth-order valence-corrected chi connectivity index (χ4v) is 2.34. The van der Waals surface area contributed by atoms with Gasteiger partial charge in [-0.2, -0.15) is 0 Å². The van der Waals surface area contributed by atoms with Gasteiger partial charge in [0.1, 0.15) is 0 Å². The van der Waals surface area contributed by atoms with Crippen LogP contribution in [0.25, 0.3) is 0 Å².